The van der Waals surface area contributed by atoms with Crippen LogP contribution < -0.4 is 24.7 Å². The molecule has 3 aromatic rings. The summed E-state index contributed by atoms with van der Waals surface area (Å²) >= 11 is 0. The lowest BCUT2D eigenvalue weighted by atomic mass is 10.00. The van der Waals surface area contributed by atoms with Crippen molar-refractivity contribution in [3.63, 3.8) is 0 Å². The van der Waals surface area contributed by atoms with Gasteiger partial charge < -0.3 is 29.2 Å². The lowest BCUT2D eigenvalue weighted by Crippen LogP contribution is -1.93. The second kappa shape index (κ2) is 5.94. The fourth-order valence-corrected chi connectivity index (χ4v) is 2.82. The zero-order chi connectivity index (χ0) is 17.4. The standard InChI is InChI=1S/C18H16N2O5/c1-21-11-3-4-12(14(19)7-11)13-8-25-20-17(13)10-5-15(22-2)18-16(6-10)23-9-24-18/h3-8H,9,19H2,1-2H3. The van der Waals surface area contributed by atoms with Crippen LogP contribution in [0.3, 0.4) is 0 Å². The molecular weight excluding hydrogens is 324 g/mol. The molecule has 1 aliphatic heterocycles. The first-order valence-corrected chi connectivity index (χ1v) is 7.57. The van der Waals surface area contributed by atoms with E-state index in [0.29, 0.717) is 34.4 Å². The quantitative estimate of drug-likeness (QED) is 0.729. The lowest BCUT2D eigenvalue weighted by Gasteiger charge is -2.09. The van der Waals surface area contributed by atoms with E-state index in [0.717, 1.165) is 16.7 Å². The Hall–Kier alpha value is -3.35. The maximum atomic E-state index is 6.16. The van der Waals surface area contributed by atoms with Crippen molar-refractivity contribution in [1.82, 2.24) is 5.16 Å². The number of anilines is 1. The molecule has 2 heterocycles. The number of hydrogen-bond acceptors (Lipinski definition) is 7. The molecule has 0 bridgehead atoms. The highest BCUT2D eigenvalue weighted by molar-refractivity contribution is 5.87. The van der Waals surface area contributed by atoms with E-state index in [4.69, 9.17) is 29.2 Å². The van der Waals surface area contributed by atoms with Crippen molar-refractivity contribution >= 4 is 5.69 Å². The van der Waals surface area contributed by atoms with Crippen LogP contribution in [-0.2, 0) is 0 Å². The van der Waals surface area contributed by atoms with Crippen LogP contribution in [0.5, 0.6) is 23.0 Å². The summed E-state index contributed by atoms with van der Waals surface area (Å²) in [4.78, 5) is 0. The fourth-order valence-electron chi connectivity index (χ4n) is 2.82. The second-order valence-electron chi connectivity index (χ2n) is 5.44. The van der Waals surface area contributed by atoms with Crippen LogP contribution in [0.4, 0.5) is 5.69 Å². The first kappa shape index (κ1) is 15.2. The Labute approximate surface area is 143 Å². The van der Waals surface area contributed by atoms with Crippen molar-refractivity contribution in [2.45, 2.75) is 0 Å². The molecule has 0 radical (unpaired) electrons. The van der Waals surface area contributed by atoms with Crippen LogP contribution in [0.2, 0.25) is 0 Å². The smallest absolute Gasteiger partial charge is 0.231 e. The predicted molar refractivity (Wildman–Crippen MR) is 91.0 cm³/mol. The first-order chi connectivity index (χ1) is 12.2. The summed E-state index contributed by atoms with van der Waals surface area (Å²) in [6.07, 6.45) is 1.56. The van der Waals surface area contributed by atoms with E-state index in [1.54, 1.807) is 26.5 Å². The van der Waals surface area contributed by atoms with E-state index in [1.165, 1.54) is 0 Å². The van der Waals surface area contributed by atoms with Crippen molar-refractivity contribution in [3.05, 3.63) is 36.6 Å². The van der Waals surface area contributed by atoms with Gasteiger partial charge in [0.05, 0.1) is 19.8 Å². The third-order valence-corrected chi connectivity index (χ3v) is 4.05. The van der Waals surface area contributed by atoms with Gasteiger partial charge in [-0.25, -0.2) is 0 Å². The zero-order valence-corrected chi connectivity index (χ0v) is 13.7. The molecular formula is C18H16N2O5. The molecule has 0 unspecified atom stereocenters. The molecule has 0 saturated heterocycles. The molecule has 0 aliphatic carbocycles. The monoisotopic (exact) mass is 340 g/mol. The van der Waals surface area contributed by atoms with Crippen molar-refractivity contribution < 1.29 is 23.5 Å². The molecule has 0 amide bonds. The van der Waals surface area contributed by atoms with Gasteiger partial charge in [0.25, 0.3) is 0 Å². The Morgan fingerprint density at radius 2 is 1.92 bits per heavy atom. The molecule has 0 atom stereocenters. The third-order valence-electron chi connectivity index (χ3n) is 4.05. The second-order valence-corrected chi connectivity index (χ2v) is 5.44. The lowest BCUT2D eigenvalue weighted by molar-refractivity contribution is 0.171. The minimum atomic E-state index is 0.159. The average molecular weight is 340 g/mol. The van der Waals surface area contributed by atoms with Crippen molar-refractivity contribution in [3.8, 4) is 45.4 Å². The normalized spacial score (nSPS) is 12.2. The van der Waals surface area contributed by atoms with Crippen molar-refractivity contribution in [2.75, 3.05) is 26.7 Å². The molecule has 4 rings (SSSR count). The van der Waals surface area contributed by atoms with E-state index in [2.05, 4.69) is 5.16 Å². The van der Waals surface area contributed by atoms with E-state index in [9.17, 15) is 0 Å². The van der Waals surface area contributed by atoms with Gasteiger partial charge in [-0.2, -0.15) is 0 Å². The first-order valence-electron chi connectivity index (χ1n) is 7.57. The molecule has 0 saturated carbocycles. The number of nitrogens with zero attached hydrogens (tertiary/aromatic N) is 1. The summed E-state index contributed by atoms with van der Waals surface area (Å²) < 4.78 is 26.7. The molecule has 0 fully saturated rings. The minimum Gasteiger partial charge on any atom is -0.497 e. The third kappa shape index (κ3) is 2.50. The van der Waals surface area contributed by atoms with Crippen LogP contribution in [0.25, 0.3) is 22.4 Å². The minimum absolute atomic E-state index is 0.159. The summed E-state index contributed by atoms with van der Waals surface area (Å²) in [5, 5.41) is 4.13. The van der Waals surface area contributed by atoms with Gasteiger partial charge in [-0.1, -0.05) is 5.16 Å². The van der Waals surface area contributed by atoms with Crippen LogP contribution >= 0.6 is 0 Å². The van der Waals surface area contributed by atoms with Gasteiger partial charge in [-0.3, -0.25) is 0 Å². The topological polar surface area (TPSA) is 89.0 Å². The number of nitrogen functional groups attached to an aromatic ring is 1. The number of aromatic nitrogens is 1. The Kier molecular flexibility index (Phi) is 3.61. The van der Waals surface area contributed by atoms with Gasteiger partial charge in [0, 0.05) is 22.9 Å². The average Bonchev–Trinajstić information content (AvgIpc) is 3.29. The number of fused-ring (bicyclic) bond motifs is 1. The molecule has 1 aromatic heterocycles. The number of methoxy groups -OCH3 is 2. The summed E-state index contributed by atoms with van der Waals surface area (Å²) in [5.41, 5.74) is 9.70. The summed E-state index contributed by atoms with van der Waals surface area (Å²) in [7, 11) is 3.17. The zero-order valence-electron chi connectivity index (χ0n) is 13.7. The Morgan fingerprint density at radius 1 is 1.04 bits per heavy atom. The molecule has 25 heavy (non-hydrogen) atoms. The Bertz CT molecular complexity index is 935. The highest BCUT2D eigenvalue weighted by Gasteiger charge is 2.23. The van der Waals surface area contributed by atoms with Crippen LogP contribution in [-0.4, -0.2) is 26.2 Å². The number of ether oxygens (including phenoxy) is 4. The molecule has 2 N–H and O–H groups in total. The van der Waals surface area contributed by atoms with Crippen LogP contribution in [0, 0.1) is 0 Å². The van der Waals surface area contributed by atoms with Gasteiger partial charge in [0.15, 0.2) is 11.5 Å². The Balaban J connectivity index is 1.83. The fraction of sp³-hybridized carbons (Fsp3) is 0.167. The predicted octanol–water partition coefficient (Wildman–Crippen LogP) is 3.34. The maximum absolute atomic E-state index is 6.16. The maximum Gasteiger partial charge on any atom is 0.231 e. The van der Waals surface area contributed by atoms with E-state index in [-0.39, 0.29) is 6.79 Å². The summed E-state index contributed by atoms with van der Waals surface area (Å²) in [6.45, 7) is 0.159. The van der Waals surface area contributed by atoms with Gasteiger partial charge >= 0.3 is 0 Å². The number of hydrogen-bond donors (Lipinski definition) is 1. The van der Waals surface area contributed by atoms with Crippen LogP contribution in [0.15, 0.2) is 41.1 Å². The van der Waals surface area contributed by atoms with Crippen LogP contribution in [0.1, 0.15) is 0 Å². The van der Waals surface area contributed by atoms with Gasteiger partial charge in [-0.05, 0) is 24.3 Å². The SMILES string of the molecule is COc1ccc(-c2conc2-c2cc(OC)c3c(c2)OCO3)c(N)c1. The molecule has 1 aliphatic rings. The Morgan fingerprint density at radius 3 is 2.68 bits per heavy atom. The van der Waals surface area contributed by atoms with Gasteiger partial charge in [0.2, 0.25) is 12.5 Å². The molecule has 0 spiro atoms. The molecule has 128 valence electrons. The van der Waals surface area contributed by atoms with Gasteiger partial charge in [-0.15, -0.1) is 0 Å². The number of nitrogens with two attached hydrogens (primary N) is 1. The highest BCUT2D eigenvalue weighted by Crippen LogP contribution is 2.45. The van der Waals surface area contributed by atoms with Crippen molar-refractivity contribution in [1.29, 1.82) is 0 Å². The van der Waals surface area contributed by atoms with E-state index in [1.807, 2.05) is 24.3 Å². The molecule has 7 nitrogen and oxygen atoms in total. The van der Waals surface area contributed by atoms with Gasteiger partial charge in [0.1, 0.15) is 17.7 Å². The molecule has 7 heteroatoms. The van der Waals surface area contributed by atoms with Crippen molar-refractivity contribution in [2.24, 2.45) is 0 Å². The molecule has 2 aromatic carbocycles. The number of rotatable bonds is 4. The highest BCUT2D eigenvalue weighted by atomic mass is 16.7. The largest absolute Gasteiger partial charge is 0.497 e. The summed E-state index contributed by atoms with van der Waals surface area (Å²) in [6, 6.07) is 9.13. The van der Waals surface area contributed by atoms with E-state index < -0.39 is 0 Å². The number of benzene rings is 2. The summed E-state index contributed by atoms with van der Waals surface area (Å²) in [5.74, 6) is 2.44. The van der Waals surface area contributed by atoms with E-state index >= 15 is 0 Å².